The molecule has 0 unspecified atom stereocenters. The molecule has 4 aromatic rings. The molecule has 1 aliphatic rings. The van der Waals surface area contributed by atoms with Gasteiger partial charge in [0.15, 0.2) is 11.5 Å². The Bertz CT molecular complexity index is 1190. The molecule has 0 bridgehead atoms. The quantitative estimate of drug-likeness (QED) is 0.280. The van der Waals surface area contributed by atoms with Gasteiger partial charge >= 0.3 is 0 Å². The van der Waals surface area contributed by atoms with Gasteiger partial charge in [0.1, 0.15) is 0 Å². The van der Waals surface area contributed by atoms with Gasteiger partial charge in [-0.25, -0.2) is 0 Å². The third-order valence-electron chi connectivity index (χ3n) is 6.40. The lowest BCUT2D eigenvalue weighted by atomic mass is 10.0. The van der Waals surface area contributed by atoms with E-state index in [1.54, 1.807) is 7.11 Å². The first kappa shape index (κ1) is 22.0. The summed E-state index contributed by atoms with van der Waals surface area (Å²) in [6.07, 6.45) is 8.66. The highest BCUT2D eigenvalue weighted by Gasteiger charge is 2.20. The van der Waals surface area contributed by atoms with Crippen molar-refractivity contribution in [1.29, 1.82) is 0 Å². The Hall–Kier alpha value is -3.79. The maximum atomic E-state index is 6.39. The molecule has 0 atom stereocenters. The van der Waals surface area contributed by atoms with E-state index >= 15 is 0 Å². The third kappa shape index (κ3) is 5.07. The summed E-state index contributed by atoms with van der Waals surface area (Å²) < 4.78 is 12.0. The van der Waals surface area contributed by atoms with E-state index in [0.717, 1.165) is 41.3 Å². The minimum atomic E-state index is 0.265. The van der Waals surface area contributed by atoms with Gasteiger partial charge in [-0.15, -0.1) is 0 Å². The largest absolute Gasteiger partial charge is 0.493 e. The second-order valence-corrected chi connectivity index (χ2v) is 8.72. The maximum Gasteiger partial charge on any atom is 0.163 e. The minimum absolute atomic E-state index is 0.265. The van der Waals surface area contributed by atoms with Gasteiger partial charge in [-0.1, -0.05) is 48.5 Å². The van der Waals surface area contributed by atoms with Gasteiger partial charge in [0.25, 0.3) is 0 Å². The van der Waals surface area contributed by atoms with E-state index in [0.29, 0.717) is 6.54 Å². The second kappa shape index (κ2) is 10.4. The number of hydrogen-bond donors (Lipinski definition) is 0. The molecule has 0 N–H and O–H groups in total. The summed E-state index contributed by atoms with van der Waals surface area (Å²) in [7, 11) is 1.70. The molecule has 3 aromatic carbocycles. The standard InChI is InChI=1S/C30H30N2O2/c1-33-29-18-17-27(20-30(29)34-28-11-5-6-12-28)32(22-23-8-7-19-31-21-23)26-15-13-25(14-16-26)24-9-3-2-4-10-24/h2-4,7-10,13-21,28H,5-6,11-12,22H2,1H3. The van der Waals surface area contributed by atoms with Gasteiger partial charge in [-0.05, 0) is 72.7 Å². The highest BCUT2D eigenvalue weighted by Crippen LogP contribution is 2.38. The van der Waals surface area contributed by atoms with Crippen molar-refractivity contribution < 1.29 is 9.47 Å². The van der Waals surface area contributed by atoms with Crippen molar-refractivity contribution in [2.45, 2.75) is 38.3 Å². The SMILES string of the molecule is COc1ccc(N(Cc2cccnc2)c2ccc(-c3ccccc3)cc2)cc1OC1CCCC1. The predicted molar refractivity (Wildman–Crippen MR) is 138 cm³/mol. The number of aromatic nitrogens is 1. The number of nitrogens with zero attached hydrogens (tertiary/aromatic N) is 2. The van der Waals surface area contributed by atoms with Crippen LogP contribution in [0.25, 0.3) is 11.1 Å². The molecule has 1 saturated carbocycles. The van der Waals surface area contributed by atoms with Crippen molar-refractivity contribution in [2.24, 2.45) is 0 Å². The average Bonchev–Trinajstić information content (AvgIpc) is 3.42. The summed E-state index contributed by atoms with van der Waals surface area (Å²) in [5.74, 6) is 1.58. The topological polar surface area (TPSA) is 34.6 Å². The average molecular weight is 451 g/mol. The Balaban J connectivity index is 1.50. The van der Waals surface area contributed by atoms with Gasteiger partial charge in [0.05, 0.1) is 13.2 Å². The number of pyridine rings is 1. The molecule has 1 aliphatic carbocycles. The van der Waals surface area contributed by atoms with Crippen LogP contribution in [0.15, 0.2) is 97.3 Å². The van der Waals surface area contributed by atoms with Crippen LogP contribution in [0.3, 0.4) is 0 Å². The van der Waals surface area contributed by atoms with Crippen LogP contribution in [0.5, 0.6) is 11.5 Å². The molecule has 1 heterocycles. The number of rotatable bonds is 8. The molecule has 172 valence electrons. The van der Waals surface area contributed by atoms with Gasteiger partial charge in [-0.2, -0.15) is 0 Å². The molecule has 0 saturated heterocycles. The van der Waals surface area contributed by atoms with Crippen LogP contribution in [-0.2, 0) is 6.54 Å². The summed E-state index contributed by atoms with van der Waals surface area (Å²) in [4.78, 5) is 6.62. The zero-order chi connectivity index (χ0) is 23.2. The van der Waals surface area contributed by atoms with Crippen LogP contribution in [0.1, 0.15) is 31.2 Å². The number of anilines is 2. The Labute approximate surface area is 201 Å². The molecule has 4 heteroatoms. The van der Waals surface area contributed by atoms with Crippen LogP contribution in [0.4, 0.5) is 11.4 Å². The second-order valence-electron chi connectivity index (χ2n) is 8.72. The number of hydrogen-bond acceptors (Lipinski definition) is 4. The molecule has 5 rings (SSSR count). The fourth-order valence-electron chi connectivity index (χ4n) is 4.58. The number of methoxy groups -OCH3 is 1. The molecule has 0 amide bonds. The summed E-state index contributed by atoms with van der Waals surface area (Å²) in [5, 5.41) is 0. The van der Waals surface area contributed by atoms with Gasteiger partial charge in [-0.3, -0.25) is 4.98 Å². The fourth-order valence-corrected chi connectivity index (χ4v) is 4.58. The Morgan fingerprint density at radius 2 is 1.53 bits per heavy atom. The van der Waals surface area contributed by atoms with Crippen LogP contribution < -0.4 is 14.4 Å². The lowest BCUT2D eigenvalue weighted by Crippen LogP contribution is -2.17. The first-order chi connectivity index (χ1) is 16.8. The van der Waals surface area contributed by atoms with Crippen LogP contribution in [0.2, 0.25) is 0 Å². The van der Waals surface area contributed by atoms with Gasteiger partial charge < -0.3 is 14.4 Å². The number of benzene rings is 3. The van der Waals surface area contributed by atoms with Crippen molar-refractivity contribution >= 4 is 11.4 Å². The van der Waals surface area contributed by atoms with E-state index in [-0.39, 0.29) is 6.10 Å². The van der Waals surface area contributed by atoms with Crippen molar-refractivity contribution in [3.05, 3.63) is 103 Å². The molecule has 0 aliphatic heterocycles. The monoisotopic (exact) mass is 450 g/mol. The summed E-state index contributed by atoms with van der Waals surface area (Å²) in [5.41, 5.74) is 5.73. The molecule has 34 heavy (non-hydrogen) atoms. The smallest absolute Gasteiger partial charge is 0.163 e. The lowest BCUT2D eigenvalue weighted by molar-refractivity contribution is 0.201. The zero-order valence-corrected chi connectivity index (χ0v) is 19.6. The normalized spacial score (nSPS) is 13.6. The highest BCUT2D eigenvalue weighted by molar-refractivity contribution is 5.71. The summed E-state index contributed by atoms with van der Waals surface area (Å²) in [6.45, 7) is 0.702. The lowest BCUT2D eigenvalue weighted by Gasteiger charge is -2.27. The molecule has 1 fully saturated rings. The summed E-state index contributed by atoms with van der Waals surface area (Å²) >= 11 is 0. The Morgan fingerprint density at radius 3 is 2.24 bits per heavy atom. The Kier molecular flexibility index (Phi) is 6.76. The fraction of sp³-hybridized carbons (Fsp3) is 0.233. The van der Waals surface area contributed by atoms with Gasteiger partial charge in [0.2, 0.25) is 0 Å². The zero-order valence-electron chi connectivity index (χ0n) is 19.6. The van der Waals surface area contributed by atoms with Crippen molar-refractivity contribution in [1.82, 2.24) is 4.98 Å². The van der Waals surface area contributed by atoms with E-state index in [9.17, 15) is 0 Å². The van der Waals surface area contributed by atoms with Crippen molar-refractivity contribution in [2.75, 3.05) is 12.0 Å². The first-order valence-corrected chi connectivity index (χ1v) is 12.0. The highest BCUT2D eigenvalue weighted by atomic mass is 16.5. The predicted octanol–water partition coefficient (Wildman–Crippen LogP) is 7.42. The molecular formula is C30H30N2O2. The molecule has 0 radical (unpaired) electrons. The van der Waals surface area contributed by atoms with Gasteiger partial charge in [0, 0.05) is 36.4 Å². The maximum absolute atomic E-state index is 6.39. The number of ether oxygens (including phenoxy) is 2. The minimum Gasteiger partial charge on any atom is -0.493 e. The van der Waals surface area contributed by atoms with Crippen LogP contribution in [-0.4, -0.2) is 18.2 Å². The molecular weight excluding hydrogens is 420 g/mol. The molecule has 4 nitrogen and oxygen atoms in total. The van der Waals surface area contributed by atoms with Crippen LogP contribution >= 0.6 is 0 Å². The van der Waals surface area contributed by atoms with E-state index in [4.69, 9.17) is 9.47 Å². The van der Waals surface area contributed by atoms with Crippen molar-refractivity contribution in [3.8, 4) is 22.6 Å². The Morgan fingerprint density at radius 1 is 0.794 bits per heavy atom. The molecule has 0 spiro atoms. The van der Waals surface area contributed by atoms with E-state index in [2.05, 4.69) is 76.6 Å². The van der Waals surface area contributed by atoms with Crippen molar-refractivity contribution in [3.63, 3.8) is 0 Å². The van der Waals surface area contributed by atoms with E-state index in [1.165, 1.54) is 24.0 Å². The van der Waals surface area contributed by atoms with Crippen LogP contribution in [0, 0.1) is 0 Å². The van der Waals surface area contributed by atoms with E-state index < -0.39 is 0 Å². The first-order valence-electron chi connectivity index (χ1n) is 12.0. The molecule has 1 aromatic heterocycles. The summed E-state index contributed by atoms with van der Waals surface area (Å²) in [6, 6.07) is 29.5. The third-order valence-corrected chi connectivity index (χ3v) is 6.40. The van der Waals surface area contributed by atoms with E-state index in [1.807, 2.05) is 30.6 Å².